The molecule has 1 aliphatic heterocycles. The zero-order chi connectivity index (χ0) is 8.55. The minimum atomic E-state index is 0.553. The summed E-state index contributed by atoms with van der Waals surface area (Å²) in [5, 5.41) is 3.38. The van der Waals surface area contributed by atoms with E-state index in [0.29, 0.717) is 6.04 Å². The number of benzene rings is 1. The van der Waals surface area contributed by atoms with Crippen LogP contribution < -0.4 is 5.32 Å². The molecule has 0 saturated carbocycles. The average molecular weight is 291 g/mol. The Morgan fingerprint density at radius 3 is 2.67 bits per heavy atom. The Bertz CT molecular complexity index is 295. The quantitative estimate of drug-likeness (QED) is 0.837. The van der Waals surface area contributed by atoms with Gasteiger partial charge in [-0.15, -0.1) is 0 Å². The van der Waals surface area contributed by atoms with Crippen LogP contribution in [0.4, 0.5) is 0 Å². The van der Waals surface area contributed by atoms with Gasteiger partial charge in [0, 0.05) is 15.0 Å². The molecule has 0 bridgehead atoms. The van der Waals surface area contributed by atoms with Crippen LogP contribution in [0.3, 0.4) is 0 Å². The average Bonchev–Trinajstić information content (AvgIpc) is 1.93. The van der Waals surface area contributed by atoms with E-state index in [2.05, 4.69) is 49.3 Å². The summed E-state index contributed by atoms with van der Waals surface area (Å²) >= 11 is 7.01. The van der Waals surface area contributed by atoms with Crippen LogP contribution in [0.2, 0.25) is 0 Å². The van der Waals surface area contributed by atoms with Crippen molar-refractivity contribution in [2.45, 2.75) is 12.5 Å². The van der Waals surface area contributed by atoms with Crippen LogP contribution in [0.25, 0.3) is 0 Å². The molecule has 0 radical (unpaired) electrons. The molecule has 1 fully saturated rings. The van der Waals surface area contributed by atoms with E-state index < -0.39 is 0 Å². The summed E-state index contributed by atoms with van der Waals surface area (Å²) in [6.07, 6.45) is 1.25. The van der Waals surface area contributed by atoms with Gasteiger partial charge in [0.2, 0.25) is 0 Å². The molecule has 1 N–H and O–H groups in total. The Kier molecular flexibility index (Phi) is 2.53. The first-order valence-electron chi connectivity index (χ1n) is 3.96. The summed E-state index contributed by atoms with van der Waals surface area (Å²) in [6, 6.07) is 6.85. The third kappa shape index (κ3) is 1.58. The molecule has 1 aromatic carbocycles. The van der Waals surface area contributed by atoms with Crippen molar-refractivity contribution in [3.8, 4) is 0 Å². The van der Waals surface area contributed by atoms with Gasteiger partial charge in [0.05, 0.1) is 0 Å². The molecule has 1 atom stereocenters. The van der Waals surface area contributed by atoms with E-state index in [4.69, 9.17) is 0 Å². The standard InChI is InChI=1S/C9H9Br2N/c10-6-1-2-8(11)7(5-6)9-3-4-12-9/h1-2,5,9,12H,3-4H2/t9-/m0/s1. The topological polar surface area (TPSA) is 12.0 Å². The van der Waals surface area contributed by atoms with Crippen molar-refractivity contribution in [3.05, 3.63) is 32.7 Å². The predicted octanol–water partition coefficient (Wildman–Crippen LogP) is 3.25. The van der Waals surface area contributed by atoms with Gasteiger partial charge in [0.25, 0.3) is 0 Å². The summed E-state index contributed by atoms with van der Waals surface area (Å²) in [5.74, 6) is 0. The van der Waals surface area contributed by atoms with Crippen molar-refractivity contribution in [1.82, 2.24) is 5.32 Å². The van der Waals surface area contributed by atoms with Crippen molar-refractivity contribution in [3.63, 3.8) is 0 Å². The van der Waals surface area contributed by atoms with Crippen LogP contribution in [-0.4, -0.2) is 6.54 Å². The molecular formula is C9H9Br2N. The summed E-state index contributed by atoms with van der Waals surface area (Å²) < 4.78 is 2.34. The first-order chi connectivity index (χ1) is 5.77. The SMILES string of the molecule is Brc1ccc(Br)c([C@@H]2CCN2)c1. The van der Waals surface area contributed by atoms with Gasteiger partial charge < -0.3 is 5.32 Å². The van der Waals surface area contributed by atoms with E-state index in [1.54, 1.807) is 0 Å². The smallest absolute Gasteiger partial charge is 0.0343 e. The normalized spacial score (nSPS) is 22.0. The minimum Gasteiger partial charge on any atom is -0.310 e. The van der Waals surface area contributed by atoms with Gasteiger partial charge in [0.15, 0.2) is 0 Å². The van der Waals surface area contributed by atoms with Gasteiger partial charge in [-0.25, -0.2) is 0 Å². The van der Waals surface area contributed by atoms with Crippen molar-refractivity contribution >= 4 is 31.9 Å². The lowest BCUT2D eigenvalue weighted by Crippen LogP contribution is -2.35. The van der Waals surface area contributed by atoms with Gasteiger partial charge in [-0.2, -0.15) is 0 Å². The molecule has 0 amide bonds. The highest BCUT2D eigenvalue weighted by atomic mass is 79.9. The molecule has 2 rings (SSSR count). The zero-order valence-electron chi connectivity index (χ0n) is 6.48. The molecule has 3 heteroatoms. The van der Waals surface area contributed by atoms with E-state index in [9.17, 15) is 0 Å². The maximum Gasteiger partial charge on any atom is 0.0343 e. The molecule has 0 aliphatic carbocycles. The fraction of sp³-hybridized carbons (Fsp3) is 0.333. The molecule has 1 aliphatic rings. The second-order valence-electron chi connectivity index (χ2n) is 2.96. The van der Waals surface area contributed by atoms with Crippen LogP contribution in [0.1, 0.15) is 18.0 Å². The Balaban J connectivity index is 2.34. The van der Waals surface area contributed by atoms with E-state index in [1.807, 2.05) is 6.07 Å². The van der Waals surface area contributed by atoms with Gasteiger partial charge in [0.1, 0.15) is 0 Å². The molecule has 0 unspecified atom stereocenters. The number of halogens is 2. The van der Waals surface area contributed by atoms with Crippen molar-refractivity contribution in [1.29, 1.82) is 0 Å². The van der Waals surface area contributed by atoms with Gasteiger partial charge in [-0.3, -0.25) is 0 Å². The summed E-state index contributed by atoms with van der Waals surface area (Å²) in [7, 11) is 0. The molecular weight excluding hydrogens is 282 g/mol. The Labute approximate surface area is 88.8 Å². The molecule has 0 aromatic heterocycles. The largest absolute Gasteiger partial charge is 0.310 e. The number of nitrogens with one attached hydrogen (secondary N) is 1. The first-order valence-corrected chi connectivity index (χ1v) is 5.54. The number of hydrogen-bond donors (Lipinski definition) is 1. The van der Waals surface area contributed by atoms with E-state index in [0.717, 1.165) is 11.0 Å². The van der Waals surface area contributed by atoms with Gasteiger partial charge in [-0.05, 0) is 36.7 Å². The second kappa shape index (κ2) is 3.48. The van der Waals surface area contributed by atoms with Crippen molar-refractivity contribution in [2.24, 2.45) is 0 Å². The van der Waals surface area contributed by atoms with Crippen LogP contribution in [-0.2, 0) is 0 Å². The number of hydrogen-bond acceptors (Lipinski definition) is 1. The molecule has 1 nitrogen and oxygen atoms in total. The fourth-order valence-corrected chi connectivity index (χ4v) is 2.24. The second-order valence-corrected chi connectivity index (χ2v) is 4.73. The Hall–Kier alpha value is 0.140. The lowest BCUT2D eigenvalue weighted by Gasteiger charge is -2.29. The van der Waals surface area contributed by atoms with Crippen LogP contribution in [0.15, 0.2) is 27.1 Å². The highest BCUT2D eigenvalue weighted by molar-refractivity contribution is 9.11. The highest BCUT2D eigenvalue weighted by Crippen LogP contribution is 2.31. The summed E-state index contributed by atoms with van der Waals surface area (Å²) in [5.41, 5.74) is 1.36. The van der Waals surface area contributed by atoms with E-state index in [-0.39, 0.29) is 0 Å². The maximum atomic E-state index is 3.54. The van der Waals surface area contributed by atoms with Crippen LogP contribution in [0.5, 0.6) is 0 Å². The minimum absolute atomic E-state index is 0.553. The van der Waals surface area contributed by atoms with Crippen molar-refractivity contribution in [2.75, 3.05) is 6.54 Å². The monoisotopic (exact) mass is 289 g/mol. The van der Waals surface area contributed by atoms with Gasteiger partial charge in [-0.1, -0.05) is 31.9 Å². The summed E-state index contributed by atoms with van der Waals surface area (Å²) in [4.78, 5) is 0. The third-order valence-electron chi connectivity index (χ3n) is 2.16. The zero-order valence-corrected chi connectivity index (χ0v) is 9.65. The lowest BCUT2D eigenvalue weighted by atomic mass is 9.98. The predicted molar refractivity (Wildman–Crippen MR) is 57.2 cm³/mol. The van der Waals surface area contributed by atoms with Crippen molar-refractivity contribution < 1.29 is 0 Å². The van der Waals surface area contributed by atoms with Crippen LogP contribution >= 0.6 is 31.9 Å². The maximum absolute atomic E-state index is 3.54. The number of rotatable bonds is 1. The third-order valence-corrected chi connectivity index (χ3v) is 3.37. The Morgan fingerprint density at radius 1 is 1.33 bits per heavy atom. The molecule has 1 heterocycles. The van der Waals surface area contributed by atoms with Crippen LogP contribution in [0, 0.1) is 0 Å². The summed E-state index contributed by atoms with van der Waals surface area (Å²) in [6.45, 7) is 1.14. The van der Waals surface area contributed by atoms with E-state index in [1.165, 1.54) is 16.5 Å². The first kappa shape index (κ1) is 8.73. The molecule has 64 valence electrons. The highest BCUT2D eigenvalue weighted by Gasteiger charge is 2.20. The molecule has 1 saturated heterocycles. The van der Waals surface area contributed by atoms with Gasteiger partial charge >= 0.3 is 0 Å². The Morgan fingerprint density at radius 2 is 2.08 bits per heavy atom. The lowest BCUT2D eigenvalue weighted by molar-refractivity contribution is 0.382. The molecule has 1 aromatic rings. The molecule has 12 heavy (non-hydrogen) atoms. The fourth-order valence-electron chi connectivity index (χ4n) is 1.34. The van der Waals surface area contributed by atoms with E-state index >= 15 is 0 Å². The molecule has 0 spiro atoms.